The predicted octanol–water partition coefficient (Wildman–Crippen LogP) is 1.90. The van der Waals surface area contributed by atoms with Gasteiger partial charge in [-0.3, -0.25) is 9.59 Å². The van der Waals surface area contributed by atoms with Crippen molar-refractivity contribution in [3.05, 3.63) is 45.5 Å². The minimum absolute atomic E-state index is 0.00427. The molecule has 0 radical (unpaired) electrons. The molecule has 0 amide bonds. The quantitative estimate of drug-likeness (QED) is 0.471. The molecule has 0 saturated heterocycles. The standard InChI is InChI=1S/C16H12O6/c1-5-6(2)12(18)16(22)11-9(5)13(19)7-3-4-8(17)14(20)10(7)15(11)21/h3-4,17-18,20,22H,1-2H3. The first-order valence-electron chi connectivity index (χ1n) is 6.46. The Hall–Kier alpha value is -3.02. The molecule has 0 aliphatic heterocycles. The normalized spacial score (nSPS) is 13.0. The van der Waals surface area contributed by atoms with Crippen molar-refractivity contribution in [2.75, 3.05) is 0 Å². The summed E-state index contributed by atoms with van der Waals surface area (Å²) in [5.41, 5.74) is -0.129. The lowest BCUT2D eigenvalue weighted by atomic mass is 9.79. The van der Waals surface area contributed by atoms with Crippen molar-refractivity contribution in [1.82, 2.24) is 0 Å². The predicted molar refractivity (Wildman–Crippen MR) is 75.9 cm³/mol. The Labute approximate surface area is 124 Å². The van der Waals surface area contributed by atoms with Crippen LogP contribution in [0.1, 0.15) is 43.0 Å². The highest BCUT2D eigenvalue weighted by molar-refractivity contribution is 6.31. The number of carbonyl (C=O) groups is 2. The number of phenols is 4. The first-order valence-corrected chi connectivity index (χ1v) is 6.46. The molecule has 0 heterocycles. The van der Waals surface area contributed by atoms with Crippen molar-refractivity contribution in [2.45, 2.75) is 13.8 Å². The van der Waals surface area contributed by atoms with Gasteiger partial charge in [0.05, 0.1) is 11.1 Å². The first kappa shape index (κ1) is 13.9. The van der Waals surface area contributed by atoms with E-state index in [0.29, 0.717) is 11.1 Å². The maximum absolute atomic E-state index is 12.6. The minimum atomic E-state index is -0.825. The molecule has 3 rings (SSSR count). The molecule has 0 spiro atoms. The SMILES string of the molecule is Cc1c(C)c2c(c(O)c1O)C(=O)c1c(ccc(O)c1O)C2=O. The molecule has 0 atom stereocenters. The molecule has 0 unspecified atom stereocenters. The lowest BCUT2D eigenvalue weighted by Crippen LogP contribution is -2.23. The summed E-state index contributed by atoms with van der Waals surface area (Å²) >= 11 is 0. The second kappa shape index (κ2) is 4.24. The summed E-state index contributed by atoms with van der Waals surface area (Å²) in [4.78, 5) is 25.2. The maximum atomic E-state index is 12.6. The monoisotopic (exact) mass is 300 g/mol. The molecule has 0 saturated carbocycles. The van der Waals surface area contributed by atoms with Gasteiger partial charge >= 0.3 is 0 Å². The van der Waals surface area contributed by atoms with Crippen LogP contribution in [0.3, 0.4) is 0 Å². The van der Waals surface area contributed by atoms with Gasteiger partial charge in [-0.2, -0.15) is 0 Å². The summed E-state index contributed by atoms with van der Waals surface area (Å²) in [7, 11) is 0. The summed E-state index contributed by atoms with van der Waals surface area (Å²) < 4.78 is 0. The Morgan fingerprint density at radius 2 is 1.32 bits per heavy atom. The van der Waals surface area contributed by atoms with Gasteiger partial charge in [0.25, 0.3) is 0 Å². The fourth-order valence-corrected chi connectivity index (χ4v) is 2.73. The molecule has 0 aromatic heterocycles. The minimum Gasteiger partial charge on any atom is -0.504 e. The molecule has 2 aromatic rings. The summed E-state index contributed by atoms with van der Waals surface area (Å²) in [6.45, 7) is 3.08. The molecule has 22 heavy (non-hydrogen) atoms. The third-order valence-electron chi connectivity index (χ3n) is 4.09. The Bertz CT molecular complexity index is 879. The second-order valence-corrected chi connectivity index (χ2v) is 5.21. The van der Waals surface area contributed by atoms with Crippen molar-refractivity contribution >= 4 is 11.6 Å². The third-order valence-corrected chi connectivity index (χ3v) is 4.09. The number of carbonyl (C=O) groups excluding carboxylic acids is 2. The van der Waals surface area contributed by atoms with E-state index in [0.717, 1.165) is 6.07 Å². The Morgan fingerprint density at radius 3 is 1.95 bits per heavy atom. The van der Waals surface area contributed by atoms with Crippen LogP contribution in [0.4, 0.5) is 0 Å². The molecular weight excluding hydrogens is 288 g/mol. The highest BCUT2D eigenvalue weighted by Gasteiger charge is 2.38. The lowest BCUT2D eigenvalue weighted by Gasteiger charge is -2.23. The van der Waals surface area contributed by atoms with E-state index in [9.17, 15) is 30.0 Å². The van der Waals surface area contributed by atoms with Crippen LogP contribution in [0.5, 0.6) is 23.0 Å². The number of aromatic hydroxyl groups is 4. The Morgan fingerprint density at radius 1 is 0.682 bits per heavy atom. The van der Waals surface area contributed by atoms with Gasteiger partial charge in [0.2, 0.25) is 5.78 Å². The smallest absolute Gasteiger partial charge is 0.202 e. The fraction of sp³-hybridized carbons (Fsp3) is 0.125. The van der Waals surface area contributed by atoms with Crippen LogP contribution >= 0.6 is 0 Å². The number of hydrogen-bond donors (Lipinski definition) is 4. The van der Waals surface area contributed by atoms with E-state index in [4.69, 9.17) is 0 Å². The first-order chi connectivity index (χ1) is 10.3. The number of fused-ring (bicyclic) bond motifs is 2. The highest BCUT2D eigenvalue weighted by Crippen LogP contribution is 2.45. The van der Waals surface area contributed by atoms with E-state index in [1.165, 1.54) is 13.0 Å². The molecule has 2 aromatic carbocycles. The molecule has 1 aliphatic rings. The van der Waals surface area contributed by atoms with E-state index in [2.05, 4.69) is 0 Å². The van der Waals surface area contributed by atoms with Crippen LogP contribution in [0.15, 0.2) is 12.1 Å². The maximum Gasteiger partial charge on any atom is 0.202 e. The molecular formula is C16H12O6. The Balaban J connectivity index is 2.47. The van der Waals surface area contributed by atoms with E-state index < -0.39 is 34.6 Å². The lowest BCUT2D eigenvalue weighted by molar-refractivity contribution is 0.0972. The van der Waals surface area contributed by atoms with Crippen molar-refractivity contribution in [3.63, 3.8) is 0 Å². The van der Waals surface area contributed by atoms with Crippen molar-refractivity contribution < 1.29 is 30.0 Å². The molecule has 6 nitrogen and oxygen atoms in total. The number of benzene rings is 2. The van der Waals surface area contributed by atoms with E-state index in [-0.39, 0.29) is 22.3 Å². The fourth-order valence-electron chi connectivity index (χ4n) is 2.73. The van der Waals surface area contributed by atoms with Crippen LogP contribution in [-0.2, 0) is 0 Å². The van der Waals surface area contributed by atoms with Gasteiger partial charge in [-0.05, 0) is 37.1 Å². The molecule has 0 bridgehead atoms. The van der Waals surface area contributed by atoms with Crippen LogP contribution in [-0.4, -0.2) is 32.0 Å². The number of phenolic OH excluding ortho intramolecular Hbond substituents is 4. The largest absolute Gasteiger partial charge is 0.504 e. The van der Waals surface area contributed by atoms with E-state index >= 15 is 0 Å². The van der Waals surface area contributed by atoms with Gasteiger partial charge < -0.3 is 20.4 Å². The third kappa shape index (κ3) is 1.49. The molecule has 112 valence electrons. The van der Waals surface area contributed by atoms with Gasteiger partial charge in [-0.25, -0.2) is 0 Å². The van der Waals surface area contributed by atoms with Gasteiger partial charge in [-0.1, -0.05) is 0 Å². The molecule has 0 fully saturated rings. The summed E-state index contributed by atoms with van der Waals surface area (Å²) in [6, 6.07) is 2.36. The van der Waals surface area contributed by atoms with Gasteiger partial charge in [0.15, 0.2) is 28.8 Å². The summed E-state index contributed by atoms with van der Waals surface area (Å²) in [5, 5.41) is 39.3. The van der Waals surface area contributed by atoms with E-state index in [1.54, 1.807) is 6.92 Å². The average molecular weight is 300 g/mol. The molecule has 4 N–H and O–H groups in total. The number of ketones is 2. The van der Waals surface area contributed by atoms with Crippen LogP contribution in [0.25, 0.3) is 0 Å². The highest BCUT2D eigenvalue weighted by atomic mass is 16.3. The van der Waals surface area contributed by atoms with Gasteiger partial charge in [0.1, 0.15) is 0 Å². The van der Waals surface area contributed by atoms with Crippen molar-refractivity contribution in [2.24, 2.45) is 0 Å². The zero-order chi connectivity index (χ0) is 16.3. The molecule has 6 heteroatoms. The second-order valence-electron chi connectivity index (χ2n) is 5.21. The molecule has 1 aliphatic carbocycles. The van der Waals surface area contributed by atoms with Crippen LogP contribution in [0.2, 0.25) is 0 Å². The number of hydrogen-bond acceptors (Lipinski definition) is 6. The van der Waals surface area contributed by atoms with Crippen LogP contribution in [0, 0.1) is 13.8 Å². The van der Waals surface area contributed by atoms with Crippen molar-refractivity contribution in [3.8, 4) is 23.0 Å². The van der Waals surface area contributed by atoms with Crippen LogP contribution < -0.4 is 0 Å². The van der Waals surface area contributed by atoms with Gasteiger partial charge in [-0.15, -0.1) is 0 Å². The average Bonchev–Trinajstić information content (AvgIpc) is 2.49. The zero-order valence-electron chi connectivity index (χ0n) is 11.8. The number of rotatable bonds is 0. The topological polar surface area (TPSA) is 115 Å². The van der Waals surface area contributed by atoms with Crippen molar-refractivity contribution in [1.29, 1.82) is 0 Å². The summed E-state index contributed by atoms with van der Waals surface area (Å²) in [5.74, 6) is -3.84. The van der Waals surface area contributed by atoms with E-state index in [1.807, 2.05) is 0 Å². The van der Waals surface area contributed by atoms with Gasteiger partial charge in [0, 0.05) is 11.1 Å². The Kier molecular flexibility index (Phi) is 2.68. The summed E-state index contributed by atoms with van der Waals surface area (Å²) in [6.07, 6.45) is 0. The zero-order valence-corrected chi connectivity index (χ0v) is 11.8.